The summed E-state index contributed by atoms with van der Waals surface area (Å²) in [5, 5.41) is 0. The molecular weight excluding hydrogens is 298 g/mol. The standard InChI is InChI=1S/C20H25N3O/c1-20(2,3)23-14-13-22(16-7-4-5-8-17(16)23)19(24)18-9-6-12-21(18)15-10-11-15/h4-9,12,15H,10-11,13-14H2,1-3H3. The number of nitrogens with zero attached hydrogens (tertiary/aromatic N) is 3. The van der Waals surface area contributed by atoms with Gasteiger partial charge in [-0.05, 0) is 57.9 Å². The minimum Gasteiger partial charge on any atom is -0.363 e. The van der Waals surface area contributed by atoms with E-state index in [1.807, 2.05) is 29.3 Å². The van der Waals surface area contributed by atoms with Crippen LogP contribution >= 0.6 is 0 Å². The number of carbonyl (C=O) groups excluding carboxylic acids is 1. The molecule has 4 heteroatoms. The average Bonchev–Trinajstić information content (AvgIpc) is 3.29. The molecule has 2 heterocycles. The maximum Gasteiger partial charge on any atom is 0.275 e. The molecule has 126 valence electrons. The van der Waals surface area contributed by atoms with E-state index in [-0.39, 0.29) is 11.4 Å². The second-order valence-corrected chi connectivity index (χ2v) is 7.80. The molecule has 1 aromatic carbocycles. The highest BCUT2D eigenvalue weighted by atomic mass is 16.2. The van der Waals surface area contributed by atoms with Gasteiger partial charge < -0.3 is 14.4 Å². The predicted octanol–water partition coefficient (Wildman–Crippen LogP) is 4.09. The van der Waals surface area contributed by atoms with Gasteiger partial charge in [0.05, 0.1) is 11.4 Å². The Bertz CT molecular complexity index is 767. The van der Waals surface area contributed by atoms with E-state index in [0.29, 0.717) is 6.04 Å². The largest absolute Gasteiger partial charge is 0.363 e. The Hall–Kier alpha value is -2.23. The molecule has 4 nitrogen and oxygen atoms in total. The molecule has 0 radical (unpaired) electrons. The van der Waals surface area contributed by atoms with Crippen LogP contribution in [-0.4, -0.2) is 29.1 Å². The van der Waals surface area contributed by atoms with Gasteiger partial charge in [-0.2, -0.15) is 0 Å². The maximum absolute atomic E-state index is 13.2. The summed E-state index contributed by atoms with van der Waals surface area (Å²) in [4.78, 5) is 17.6. The van der Waals surface area contributed by atoms with Crippen LogP contribution in [0.3, 0.4) is 0 Å². The summed E-state index contributed by atoms with van der Waals surface area (Å²) in [5.41, 5.74) is 3.03. The number of anilines is 2. The fourth-order valence-electron chi connectivity index (χ4n) is 3.65. The fourth-order valence-corrected chi connectivity index (χ4v) is 3.65. The lowest BCUT2D eigenvalue weighted by Crippen LogP contribution is -2.51. The lowest BCUT2D eigenvalue weighted by Gasteiger charge is -2.44. The van der Waals surface area contributed by atoms with Gasteiger partial charge in [-0.15, -0.1) is 0 Å². The molecule has 1 aliphatic heterocycles. The van der Waals surface area contributed by atoms with Crippen LogP contribution in [0.5, 0.6) is 0 Å². The molecule has 1 aromatic heterocycles. The van der Waals surface area contributed by atoms with Gasteiger partial charge in [0.2, 0.25) is 0 Å². The van der Waals surface area contributed by atoms with E-state index in [1.165, 1.54) is 12.8 Å². The molecule has 2 aliphatic rings. The minimum absolute atomic E-state index is 0.0411. The van der Waals surface area contributed by atoms with Crippen molar-refractivity contribution in [3.05, 3.63) is 48.3 Å². The lowest BCUT2D eigenvalue weighted by molar-refractivity contribution is 0.0977. The van der Waals surface area contributed by atoms with Crippen molar-refractivity contribution in [3.63, 3.8) is 0 Å². The van der Waals surface area contributed by atoms with Gasteiger partial charge in [-0.25, -0.2) is 0 Å². The quantitative estimate of drug-likeness (QED) is 0.833. The normalized spacial score (nSPS) is 17.8. The molecule has 2 aromatic rings. The number of hydrogen-bond donors (Lipinski definition) is 0. The topological polar surface area (TPSA) is 28.5 Å². The maximum atomic E-state index is 13.2. The second-order valence-electron chi connectivity index (χ2n) is 7.80. The van der Waals surface area contributed by atoms with Gasteiger partial charge in [0.25, 0.3) is 5.91 Å². The molecule has 1 saturated carbocycles. The zero-order valence-corrected chi connectivity index (χ0v) is 14.7. The van der Waals surface area contributed by atoms with E-state index in [1.54, 1.807) is 0 Å². The summed E-state index contributed by atoms with van der Waals surface area (Å²) in [5.74, 6) is 0.118. The highest BCUT2D eigenvalue weighted by molar-refractivity contribution is 6.07. The molecule has 0 spiro atoms. The Morgan fingerprint density at radius 3 is 2.38 bits per heavy atom. The predicted molar refractivity (Wildman–Crippen MR) is 97.9 cm³/mol. The van der Waals surface area contributed by atoms with Crippen molar-refractivity contribution in [1.82, 2.24) is 4.57 Å². The number of hydrogen-bond acceptors (Lipinski definition) is 2. The number of para-hydroxylation sites is 2. The first-order valence-electron chi connectivity index (χ1n) is 8.82. The van der Waals surface area contributed by atoms with Crippen LogP contribution in [0.1, 0.15) is 50.1 Å². The third-order valence-corrected chi connectivity index (χ3v) is 5.00. The fraction of sp³-hybridized carbons (Fsp3) is 0.450. The average molecular weight is 323 g/mol. The number of benzene rings is 1. The monoisotopic (exact) mass is 323 g/mol. The summed E-state index contributed by atoms with van der Waals surface area (Å²) in [6, 6.07) is 12.7. The molecule has 1 fully saturated rings. The summed E-state index contributed by atoms with van der Waals surface area (Å²) in [6.07, 6.45) is 4.41. The van der Waals surface area contributed by atoms with Crippen LogP contribution in [-0.2, 0) is 0 Å². The molecule has 0 N–H and O–H groups in total. The molecule has 0 atom stereocenters. The van der Waals surface area contributed by atoms with Gasteiger partial charge in [0.1, 0.15) is 5.69 Å². The van der Waals surface area contributed by atoms with Crippen LogP contribution in [0.25, 0.3) is 0 Å². The SMILES string of the molecule is CC(C)(C)N1CCN(C(=O)c2cccn2C2CC2)c2ccccc21. The van der Waals surface area contributed by atoms with Gasteiger partial charge in [-0.3, -0.25) is 4.79 Å². The van der Waals surface area contributed by atoms with Gasteiger partial charge >= 0.3 is 0 Å². The summed E-state index contributed by atoms with van der Waals surface area (Å²) < 4.78 is 2.15. The minimum atomic E-state index is 0.0411. The Balaban J connectivity index is 1.71. The van der Waals surface area contributed by atoms with E-state index >= 15 is 0 Å². The van der Waals surface area contributed by atoms with Crippen molar-refractivity contribution in [2.24, 2.45) is 0 Å². The van der Waals surface area contributed by atoms with Crippen LogP contribution in [0.4, 0.5) is 11.4 Å². The first-order chi connectivity index (χ1) is 11.5. The van der Waals surface area contributed by atoms with E-state index in [4.69, 9.17) is 0 Å². The Labute approximate surface area is 143 Å². The third-order valence-electron chi connectivity index (χ3n) is 5.00. The molecular formula is C20H25N3O. The molecule has 0 bridgehead atoms. The van der Waals surface area contributed by atoms with Gasteiger partial charge in [-0.1, -0.05) is 12.1 Å². The van der Waals surface area contributed by atoms with Crippen molar-refractivity contribution in [2.75, 3.05) is 22.9 Å². The van der Waals surface area contributed by atoms with Crippen molar-refractivity contribution in [1.29, 1.82) is 0 Å². The second kappa shape index (κ2) is 5.40. The first-order valence-corrected chi connectivity index (χ1v) is 8.82. The van der Waals surface area contributed by atoms with Crippen molar-refractivity contribution in [2.45, 2.75) is 45.2 Å². The number of aromatic nitrogens is 1. The zero-order chi connectivity index (χ0) is 16.9. The third kappa shape index (κ3) is 2.50. The Kier molecular flexibility index (Phi) is 3.44. The van der Waals surface area contributed by atoms with E-state index in [2.05, 4.69) is 48.4 Å². The van der Waals surface area contributed by atoms with Crippen LogP contribution in [0, 0.1) is 0 Å². The highest BCUT2D eigenvalue weighted by Crippen LogP contribution is 2.39. The summed E-state index contributed by atoms with van der Waals surface area (Å²) in [6.45, 7) is 8.25. The van der Waals surface area contributed by atoms with Crippen molar-refractivity contribution < 1.29 is 4.79 Å². The Morgan fingerprint density at radius 1 is 1.00 bits per heavy atom. The van der Waals surface area contributed by atoms with E-state index in [9.17, 15) is 4.79 Å². The van der Waals surface area contributed by atoms with Crippen LogP contribution < -0.4 is 9.80 Å². The smallest absolute Gasteiger partial charge is 0.275 e. The molecule has 1 aliphatic carbocycles. The number of fused-ring (bicyclic) bond motifs is 1. The summed E-state index contributed by atoms with van der Waals surface area (Å²) in [7, 11) is 0. The number of amides is 1. The van der Waals surface area contributed by atoms with Crippen molar-refractivity contribution in [3.8, 4) is 0 Å². The molecule has 24 heavy (non-hydrogen) atoms. The summed E-state index contributed by atoms with van der Waals surface area (Å²) >= 11 is 0. The highest BCUT2D eigenvalue weighted by Gasteiger charge is 2.34. The lowest BCUT2D eigenvalue weighted by atomic mass is 10.0. The molecule has 1 amide bonds. The van der Waals surface area contributed by atoms with Gasteiger partial charge in [0, 0.05) is 30.9 Å². The van der Waals surface area contributed by atoms with Crippen LogP contribution in [0.15, 0.2) is 42.6 Å². The van der Waals surface area contributed by atoms with Crippen molar-refractivity contribution >= 4 is 17.3 Å². The van der Waals surface area contributed by atoms with Gasteiger partial charge in [0.15, 0.2) is 0 Å². The molecule has 0 unspecified atom stereocenters. The molecule has 0 saturated heterocycles. The van der Waals surface area contributed by atoms with E-state index < -0.39 is 0 Å². The zero-order valence-electron chi connectivity index (χ0n) is 14.7. The number of carbonyl (C=O) groups is 1. The Morgan fingerprint density at radius 2 is 1.71 bits per heavy atom. The molecule has 4 rings (SSSR count). The van der Waals surface area contributed by atoms with E-state index in [0.717, 1.165) is 30.2 Å². The van der Waals surface area contributed by atoms with Crippen LogP contribution in [0.2, 0.25) is 0 Å². The number of rotatable bonds is 2. The first kappa shape index (κ1) is 15.3.